The van der Waals surface area contributed by atoms with Gasteiger partial charge in [0.2, 0.25) is 0 Å². The van der Waals surface area contributed by atoms with E-state index in [-0.39, 0.29) is 11.4 Å². The first-order valence-corrected chi connectivity index (χ1v) is 14.6. The van der Waals surface area contributed by atoms with Crippen LogP contribution in [0, 0.1) is 42.9 Å². The lowest BCUT2D eigenvalue weighted by molar-refractivity contribution is -0.385. The maximum Gasteiger partial charge on any atom is 0.269 e. The van der Waals surface area contributed by atoms with Crippen molar-refractivity contribution in [2.45, 2.75) is 0 Å². The Morgan fingerprint density at radius 2 is 0.875 bits per heavy atom. The van der Waals surface area contributed by atoms with Crippen LogP contribution in [0.5, 0.6) is 0 Å². The molecule has 5 aromatic rings. The molecule has 9 heteroatoms. The second-order valence-corrected chi connectivity index (χ2v) is 10.4. The normalized spacial score (nSPS) is 11.7. The molecule has 1 heterocycles. The summed E-state index contributed by atoms with van der Waals surface area (Å²) in [5, 5.41) is 41.0. The molecule has 0 aliphatic carbocycles. The molecule has 0 N–H and O–H groups in total. The average Bonchev–Trinajstić information content (AvgIpc) is 3.12. The molecule has 0 saturated carbocycles. The van der Waals surface area contributed by atoms with E-state index in [9.17, 15) is 30.8 Å². The Morgan fingerprint density at radius 3 is 1.21 bits per heavy atom. The summed E-state index contributed by atoms with van der Waals surface area (Å²) in [6.45, 7) is 0. The standard InChI is InChI=1S/C39H25N5O4/c40-26-34(32-14-20-38(21-15-32)43(45)46)24-30-8-4-28(5-9-30)12-18-36-2-1-3-37(42-36)19-13-29-6-10-31(11-7-29)25-35(27-41)33-16-22-39(23-17-33)44(47)48/h1-25H/b18-12+,19-13+,34-24-,35-25+. The van der Waals surface area contributed by atoms with Crippen LogP contribution in [0.1, 0.15) is 44.8 Å². The van der Waals surface area contributed by atoms with Gasteiger partial charge in [-0.1, -0.05) is 66.7 Å². The van der Waals surface area contributed by atoms with Crippen molar-refractivity contribution in [1.29, 1.82) is 10.5 Å². The third-order valence-corrected chi connectivity index (χ3v) is 7.20. The fourth-order valence-electron chi connectivity index (χ4n) is 4.64. The Morgan fingerprint density at radius 1 is 0.521 bits per heavy atom. The second kappa shape index (κ2) is 15.2. The van der Waals surface area contributed by atoms with Crippen LogP contribution in [0.4, 0.5) is 11.4 Å². The van der Waals surface area contributed by atoms with Crippen molar-refractivity contribution in [2.24, 2.45) is 0 Å². The first-order chi connectivity index (χ1) is 23.3. The number of allylic oxidation sites excluding steroid dienone is 2. The van der Waals surface area contributed by atoms with E-state index in [0.717, 1.165) is 33.6 Å². The zero-order valence-electron chi connectivity index (χ0n) is 25.3. The summed E-state index contributed by atoms with van der Waals surface area (Å²) in [5.41, 5.74) is 7.07. The molecule has 9 nitrogen and oxygen atoms in total. The highest BCUT2D eigenvalue weighted by molar-refractivity contribution is 5.91. The third kappa shape index (κ3) is 8.48. The van der Waals surface area contributed by atoms with E-state index < -0.39 is 9.85 Å². The lowest BCUT2D eigenvalue weighted by Crippen LogP contribution is -1.88. The predicted octanol–water partition coefficient (Wildman–Crippen LogP) is 9.37. The summed E-state index contributed by atoms with van der Waals surface area (Å²) >= 11 is 0. The molecule has 0 radical (unpaired) electrons. The largest absolute Gasteiger partial charge is 0.269 e. The minimum absolute atomic E-state index is 0.0286. The Kier molecular flexibility index (Phi) is 10.2. The third-order valence-electron chi connectivity index (χ3n) is 7.20. The summed E-state index contributed by atoms with van der Waals surface area (Å²) in [5.74, 6) is 0. The summed E-state index contributed by atoms with van der Waals surface area (Å²) in [6, 6.07) is 37.2. The summed E-state index contributed by atoms with van der Waals surface area (Å²) < 4.78 is 0. The van der Waals surface area contributed by atoms with E-state index in [2.05, 4.69) is 12.1 Å². The molecule has 0 aliphatic rings. The van der Waals surface area contributed by atoms with Gasteiger partial charge in [-0.3, -0.25) is 20.2 Å². The summed E-state index contributed by atoms with van der Waals surface area (Å²) in [6.07, 6.45) is 11.2. The molecule has 1 aromatic heterocycles. The van der Waals surface area contributed by atoms with Gasteiger partial charge >= 0.3 is 0 Å². The lowest BCUT2D eigenvalue weighted by atomic mass is 10.0. The number of pyridine rings is 1. The molecule has 230 valence electrons. The Bertz CT molecular complexity index is 2010. The van der Waals surface area contributed by atoms with Crippen molar-refractivity contribution in [3.63, 3.8) is 0 Å². The smallest absolute Gasteiger partial charge is 0.258 e. The zero-order chi connectivity index (χ0) is 33.9. The maximum atomic E-state index is 10.9. The number of nitriles is 2. The van der Waals surface area contributed by atoms with Gasteiger partial charge in [-0.05, 0) is 94.1 Å². The molecule has 0 fully saturated rings. The number of non-ortho nitro benzene ring substituents is 2. The highest BCUT2D eigenvalue weighted by atomic mass is 16.6. The molecule has 0 amide bonds. The highest BCUT2D eigenvalue weighted by Crippen LogP contribution is 2.23. The number of nitro groups is 2. The Balaban J connectivity index is 1.22. The molecular weight excluding hydrogens is 602 g/mol. The van der Waals surface area contributed by atoms with Crippen molar-refractivity contribution in [3.05, 3.63) is 180 Å². The number of aromatic nitrogens is 1. The van der Waals surface area contributed by atoms with Gasteiger partial charge in [-0.2, -0.15) is 10.5 Å². The average molecular weight is 628 g/mol. The second-order valence-electron chi connectivity index (χ2n) is 10.4. The highest BCUT2D eigenvalue weighted by Gasteiger charge is 2.08. The molecule has 0 aliphatic heterocycles. The van der Waals surface area contributed by atoms with Gasteiger partial charge < -0.3 is 0 Å². The predicted molar refractivity (Wildman–Crippen MR) is 188 cm³/mol. The number of benzene rings is 4. The van der Waals surface area contributed by atoms with E-state index in [4.69, 9.17) is 4.98 Å². The van der Waals surface area contributed by atoms with Crippen LogP contribution in [-0.2, 0) is 0 Å². The summed E-state index contributed by atoms with van der Waals surface area (Å²) in [7, 11) is 0. The topological polar surface area (TPSA) is 147 Å². The quantitative estimate of drug-likeness (QED) is 0.0648. The molecule has 0 spiro atoms. The Labute approximate surface area is 276 Å². The molecule has 0 bridgehead atoms. The van der Waals surface area contributed by atoms with E-state index >= 15 is 0 Å². The van der Waals surface area contributed by atoms with Gasteiger partial charge in [-0.25, -0.2) is 4.98 Å². The minimum Gasteiger partial charge on any atom is -0.258 e. The molecule has 4 aromatic carbocycles. The van der Waals surface area contributed by atoms with Crippen molar-refractivity contribution in [2.75, 3.05) is 0 Å². The number of hydrogen-bond donors (Lipinski definition) is 0. The molecule has 0 saturated heterocycles. The van der Waals surface area contributed by atoms with E-state index in [0.29, 0.717) is 22.3 Å². The van der Waals surface area contributed by atoms with E-state index in [1.54, 1.807) is 36.4 Å². The number of nitrogens with zero attached hydrogens (tertiary/aromatic N) is 5. The van der Waals surface area contributed by atoms with Crippen LogP contribution < -0.4 is 0 Å². The van der Waals surface area contributed by atoms with Crippen LogP contribution in [0.3, 0.4) is 0 Å². The van der Waals surface area contributed by atoms with Crippen LogP contribution in [-0.4, -0.2) is 14.8 Å². The number of nitro benzene ring substituents is 2. The fourth-order valence-corrected chi connectivity index (χ4v) is 4.64. The molecule has 5 rings (SSSR count). The van der Waals surface area contributed by atoms with Gasteiger partial charge in [0.25, 0.3) is 11.4 Å². The summed E-state index contributed by atoms with van der Waals surface area (Å²) in [4.78, 5) is 25.5. The Hall–Kier alpha value is -7.23. The fraction of sp³-hybridized carbons (Fsp3) is 0. The molecule has 0 unspecified atom stereocenters. The first kappa shape index (κ1) is 32.2. The van der Waals surface area contributed by atoms with Crippen molar-refractivity contribution in [1.82, 2.24) is 4.98 Å². The van der Waals surface area contributed by atoms with Gasteiger partial charge in [0.15, 0.2) is 0 Å². The lowest BCUT2D eigenvalue weighted by Gasteiger charge is -2.01. The van der Waals surface area contributed by atoms with Gasteiger partial charge in [0, 0.05) is 24.3 Å². The van der Waals surface area contributed by atoms with E-state index in [1.165, 1.54) is 24.3 Å². The zero-order valence-corrected chi connectivity index (χ0v) is 25.3. The van der Waals surface area contributed by atoms with Crippen LogP contribution in [0.2, 0.25) is 0 Å². The van der Waals surface area contributed by atoms with Crippen molar-refractivity contribution in [3.8, 4) is 12.1 Å². The van der Waals surface area contributed by atoms with E-state index in [1.807, 2.05) is 91.0 Å². The van der Waals surface area contributed by atoms with Gasteiger partial charge in [0.05, 0.1) is 44.5 Å². The van der Waals surface area contributed by atoms with Crippen LogP contribution >= 0.6 is 0 Å². The van der Waals surface area contributed by atoms with Crippen molar-refractivity contribution < 1.29 is 9.85 Å². The minimum atomic E-state index is -0.475. The molecule has 0 atom stereocenters. The van der Waals surface area contributed by atoms with Gasteiger partial charge in [-0.15, -0.1) is 0 Å². The van der Waals surface area contributed by atoms with Crippen LogP contribution in [0.25, 0.3) is 47.6 Å². The molecular formula is C39H25N5O4. The molecule has 48 heavy (non-hydrogen) atoms. The number of hydrogen-bond acceptors (Lipinski definition) is 7. The first-order valence-electron chi connectivity index (χ1n) is 14.6. The SMILES string of the molecule is N#C/C(=C\c1ccc(/C=C/c2cccc(/C=C/c3ccc(/C=C(/C#N)c4ccc([N+](=O)[O-])cc4)cc3)n2)cc1)c1ccc([N+](=O)[O-])cc1. The number of rotatable bonds is 10. The van der Waals surface area contributed by atoms with Gasteiger partial charge in [0.1, 0.15) is 0 Å². The maximum absolute atomic E-state index is 10.9. The van der Waals surface area contributed by atoms with Crippen molar-refractivity contribution >= 4 is 59.0 Å². The van der Waals surface area contributed by atoms with Crippen LogP contribution in [0.15, 0.2) is 115 Å². The monoisotopic (exact) mass is 627 g/mol.